The molecule has 7 aliphatic rings. The molecule has 25 nitrogen and oxygen atoms in total. The molecule has 0 radical (unpaired) electrons. The number of para-hydroxylation sites is 6. The van der Waals surface area contributed by atoms with Crippen molar-refractivity contribution in [2.24, 2.45) is 0 Å². The van der Waals surface area contributed by atoms with Crippen LogP contribution in [0.25, 0.3) is 43.9 Å². The maximum Gasteiger partial charge on any atom is 0.185 e. The Hall–Kier alpha value is -15.7. The van der Waals surface area contributed by atoms with E-state index in [-0.39, 0.29) is 81.0 Å². The molecule has 0 aliphatic heterocycles. The molecule has 0 amide bonds. The molecule has 0 fully saturated rings. The number of hydrogen-bond donors (Lipinski definition) is 0. The summed E-state index contributed by atoms with van der Waals surface area (Å²) in [6.07, 6.45) is 25.4. The van der Waals surface area contributed by atoms with Crippen molar-refractivity contribution >= 4 is 125 Å². The van der Waals surface area contributed by atoms with Crippen LogP contribution in [0.2, 0.25) is 0 Å². The summed E-state index contributed by atoms with van der Waals surface area (Å²) in [5.74, 6) is 1.14. The lowest BCUT2D eigenvalue weighted by Crippen LogP contribution is -2.21. The number of allylic oxidation sites excluding steroid dienone is 28. The lowest BCUT2D eigenvalue weighted by Gasteiger charge is -2.19. The van der Waals surface area contributed by atoms with Crippen LogP contribution in [0.4, 0.5) is 0 Å². The van der Waals surface area contributed by atoms with Gasteiger partial charge in [-0.1, -0.05) is 60.7 Å². The zero-order chi connectivity index (χ0) is 109. The third-order valence-corrected chi connectivity index (χ3v) is 30.4. The number of imidazole rings is 3. The van der Waals surface area contributed by atoms with Crippen LogP contribution < -0.4 is 0 Å². The van der Waals surface area contributed by atoms with E-state index in [4.69, 9.17) is 0 Å². The van der Waals surface area contributed by atoms with Gasteiger partial charge in [-0.2, -0.15) is 5.10 Å². The maximum absolute atomic E-state index is 12.5. The minimum absolute atomic E-state index is 0.000907. The van der Waals surface area contributed by atoms with Crippen molar-refractivity contribution in [2.75, 3.05) is 0 Å². The monoisotopic (exact) mass is 2000 g/mol. The van der Waals surface area contributed by atoms with Crippen LogP contribution in [0.15, 0.2) is 339 Å². The molecular formula is C124H137N11O14. The molecule has 0 unspecified atom stereocenters. The van der Waals surface area contributed by atoms with Gasteiger partial charge < -0.3 is 27.4 Å². The van der Waals surface area contributed by atoms with Crippen molar-refractivity contribution in [2.45, 2.75) is 282 Å². The van der Waals surface area contributed by atoms with E-state index in [0.29, 0.717) is 214 Å². The second-order valence-electron chi connectivity index (χ2n) is 39.4. The van der Waals surface area contributed by atoms with Gasteiger partial charge in [0, 0.05) is 262 Å². The summed E-state index contributed by atoms with van der Waals surface area (Å²) in [4.78, 5) is 184. The van der Waals surface area contributed by atoms with Crippen LogP contribution in [0, 0.1) is 13.8 Å². The van der Waals surface area contributed by atoms with E-state index in [9.17, 15) is 67.1 Å². The molecule has 7 aromatic heterocycles. The van der Waals surface area contributed by atoms with Crippen molar-refractivity contribution in [3.05, 3.63) is 351 Å². The Labute approximate surface area is 872 Å². The van der Waals surface area contributed by atoms with Crippen molar-refractivity contribution in [1.29, 1.82) is 0 Å². The highest BCUT2D eigenvalue weighted by Gasteiger charge is 2.35. The summed E-state index contributed by atoms with van der Waals surface area (Å²) >= 11 is 0. The largest absolute Gasteiger partial charge is 0.354 e. The molecule has 0 saturated carbocycles. The molecule has 7 aliphatic carbocycles. The average molecular weight is 2010 g/mol. The molecular weight excluding hydrogens is 1870 g/mol. The van der Waals surface area contributed by atoms with Crippen LogP contribution in [0.5, 0.6) is 0 Å². The molecule has 0 saturated heterocycles. The Morgan fingerprint density at radius 3 is 0.980 bits per heavy atom. The Morgan fingerprint density at radius 2 is 0.570 bits per heavy atom. The standard InChI is InChI=1S/C21H23NO2.C20H21NO2.C19H20N2O2.C18H18N2O2.C16H19NO2.2C15H18N2O2/c1-13-12-17-8-5-6-10-19(17)22(13)11-7-9-18-16(4)20(23)14(2)15(3)21(18)24;1-13-14(2)20(23)17(15(3)19(13)22)8-6-11-21-12-10-16-7-4-5-9-18(16)21;1-11-12(2)19(23)15(13(3)18(11)22)9-10-21-14(4)20-16-7-5-6-8-17(16)21;1-11-12(2)18(22)14(13(3)17(11)21)8-9-20-10-19-15-6-4-5-7-16(15)20;1-11-12(2)16(19)14(13(3)15(11)18)7-6-10-17-8-4-5-9-17;1-10-11(2)15(19)13(12(3)14(10)18)6-4-8-17-9-5-7-16-17;1-10-11(2)15(19)13(12(3)14(10)18)5-4-7-17-8-6-16-9-17/h5-6,8,10,12H,7,9,11H2,1-4H3;4-5,7,9-10,12H,6,8,11H2,1-3H3;5-8H,9-10H2,1-4H3;4-7,10H,8-9H2,1-3H3;4-5,8-9H,6-7,10H2,1-3H3;5,7,9H,4,6,8H2,1-3H3;6,8-9H,4-5,7H2,1-3H3. The number of fused-ring (bicyclic) bond motifs is 4. The van der Waals surface area contributed by atoms with E-state index in [0.717, 1.165) is 92.7 Å². The first kappa shape index (κ1) is 112. The van der Waals surface area contributed by atoms with Gasteiger partial charge in [0.15, 0.2) is 81.0 Å². The molecule has 0 bridgehead atoms. The van der Waals surface area contributed by atoms with E-state index in [1.165, 1.54) is 27.5 Å². The lowest BCUT2D eigenvalue weighted by molar-refractivity contribution is -0.116. The second-order valence-corrected chi connectivity index (χ2v) is 39.4. The number of carbonyl (C=O) groups excluding carboxylic acids is 14. The average Bonchev–Trinajstić information content (AvgIpc) is 1.19. The summed E-state index contributed by atoms with van der Waals surface area (Å²) in [6, 6.07) is 42.6. The van der Waals surface area contributed by atoms with Gasteiger partial charge in [-0.05, 0) is 314 Å². The fraction of sp³-hybridized carbons (Fsp3) is 0.339. The van der Waals surface area contributed by atoms with Gasteiger partial charge in [-0.3, -0.25) is 71.8 Å². The molecule has 149 heavy (non-hydrogen) atoms. The van der Waals surface area contributed by atoms with E-state index in [1.54, 1.807) is 170 Å². The number of ketones is 14. The summed E-state index contributed by atoms with van der Waals surface area (Å²) in [6.45, 7) is 46.1. The maximum atomic E-state index is 12.5. The normalized spacial score (nSPS) is 16.2. The highest BCUT2D eigenvalue weighted by atomic mass is 16.2. The molecule has 11 aromatic rings. The second kappa shape index (κ2) is 49.7. The third-order valence-electron chi connectivity index (χ3n) is 30.4. The first-order valence-corrected chi connectivity index (χ1v) is 51.1. The van der Waals surface area contributed by atoms with Gasteiger partial charge in [-0.15, -0.1) is 0 Å². The van der Waals surface area contributed by atoms with E-state index in [1.807, 2.05) is 137 Å². The van der Waals surface area contributed by atoms with Gasteiger partial charge in [0.25, 0.3) is 0 Å². The van der Waals surface area contributed by atoms with Gasteiger partial charge >= 0.3 is 0 Å². The van der Waals surface area contributed by atoms with Crippen molar-refractivity contribution in [3.8, 4) is 0 Å². The summed E-state index contributed by atoms with van der Waals surface area (Å²) in [5, 5.41) is 6.58. The number of aryl methyl sites for hydroxylation is 9. The number of aromatic nitrogens is 11. The van der Waals surface area contributed by atoms with Gasteiger partial charge in [0.1, 0.15) is 5.82 Å². The molecule has 7 heterocycles. The zero-order valence-electron chi connectivity index (χ0n) is 90.4. The number of rotatable bonds is 26. The third kappa shape index (κ3) is 25.1. The topological polar surface area (TPSA) is 325 Å². The van der Waals surface area contributed by atoms with Crippen LogP contribution in [-0.2, 0) is 113 Å². The van der Waals surface area contributed by atoms with Gasteiger partial charge in [0.2, 0.25) is 0 Å². The first-order chi connectivity index (χ1) is 70.9. The lowest BCUT2D eigenvalue weighted by atomic mass is 9.84. The van der Waals surface area contributed by atoms with Crippen LogP contribution in [-0.4, -0.2) is 133 Å². The fourth-order valence-corrected chi connectivity index (χ4v) is 19.8. The first-order valence-electron chi connectivity index (χ1n) is 51.1. The highest BCUT2D eigenvalue weighted by Crippen LogP contribution is 2.37. The number of hydrogen-bond acceptors (Lipinski definition) is 18. The molecule has 0 atom stereocenters. The van der Waals surface area contributed by atoms with E-state index < -0.39 is 0 Å². The quantitative estimate of drug-likeness (QED) is 0.0455. The van der Waals surface area contributed by atoms with Crippen LogP contribution in [0.1, 0.15) is 234 Å². The smallest absolute Gasteiger partial charge is 0.185 e. The predicted octanol–water partition coefficient (Wildman–Crippen LogP) is 23.5. The zero-order valence-corrected chi connectivity index (χ0v) is 90.4. The van der Waals surface area contributed by atoms with E-state index >= 15 is 0 Å². The summed E-state index contributed by atoms with van der Waals surface area (Å²) < 4.78 is 14.5. The SMILES string of the molecule is CC1=C(C)C(=O)C(CCCn2c(C)cc3ccccc32)=C(C)C1=O.CC1=C(C)C(=O)C(CCCn2ccc3ccccc32)=C(C)C1=O.CC1=C(C)C(=O)C(CCCn2cccc2)=C(C)C1=O.CC1=C(C)C(=O)C(CCCn2cccn2)=C(C)C1=O.CC1=C(C)C(=O)C(CCCn2ccnc2)=C(C)C1=O.CC1=C(C)C(=O)C(CCn2c(C)nc3ccccc32)=C(C)C1=O.CC1=C(C)C(=O)C(CCn2cnc3ccccc32)=C(C)C1=O. The fourth-order valence-electron chi connectivity index (χ4n) is 19.8. The van der Waals surface area contributed by atoms with Crippen LogP contribution >= 0.6 is 0 Å². The molecule has 18 rings (SSSR count). The van der Waals surface area contributed by atoms with Crippen LogP contribution in [0.3, 0.4) is 0 Å². The predicted molar refractivity (Wildman–Crippen MR) is 585 cm³/mol. The summed E-state index contributed by atoms with van der Waals surface area (Å²) in [5.41, 5.74) is 24.8. The van der Waals surface area contributed by atoms with Gasteiger partial charge in [-0.25, -0.2) is 15.0 Å². The molecule has 772 valence electrons. The highest BCUT2D eigenvalue weighted by molar-refractivity contribution is 6.29. The van der Waals surface area contributed by atoms with Crippen molar-refractivity contribution in [3.63, 3.8) is 0 Å². The Morgan fingerprint density at radius 1 is 0.228 bits per heavy atom. The van der Waals surface area contributed by atoms with Gasteiger partial charge in [0.05, 0.1) is 34.7 Å². The molecule has 0 N–H and O–H groups in total. The number of carbonyl (C=O) groups is 14. The number of Topliss-reactive ketones (excluding diaryl/α,β-unsaturated/α-hetero) is 14. The Bertz CT molecular complexity index is 7540. The Kier molecular flexibility index (Phi) is 37.4. The van der Waals surface area contributed by atoms with Crippen molar-refractivity contribution in [1.82, 2.24) is 52.1 Å². The molecule has 25 heteroatoms. The van der Waals surface area contributed by atoms with E-state index in [2.05, 4.69) is 87.8 Å². The molecule has 4 aromatic carbocycles. The molecule has 0 spiro atoms. The minimum atomic E-state index is -0.0115. The Balaban J connectivity index is 0.000000155. The summed E-state index contributed by atoms with van der Waals surface area (Å²) in [7, 11) is 0. The number of benzene rings is 4. The van der Waals surface area contributed by atoms with Crippen molar-refractivity contribution < 1.29 is 67.1 Å². The number of nitrogens with zero attached hydrogens (tertiary/aromatic N) is 11. The minimum Gasteiger partial charge on any atom is -0.354 e.